The number of aldehydes is 2. The van der Waals surface area contributed by atoms with Crippen LogP contribution in [0.4, 0.5) is 0 Å². The summed E-state index contributed by atoms with van der Waals surface area (Å²) in [5.41, 5.74) is 19.6. The van der Waals surface area contributed by atoms with E-state index in [0.29, 0.717) is 85.0 Å². The molecule has 6 aliphatic rings. The lowest BCUT2D eigenvalue weighted by molar-refractivity contribution is -0.109. The van der Waals surface area contributed by atoms with E-state index in [1.165, 1.54) is 86.6 Å². The second-order valence-electron chi connectivity index (χ2n) is 32.0. The highest BCUT2D eigenvalue weighted by atomic mass is 16.6. The van der Waals surface area contributed by atoms with E-state index in [1.54, 1.807) is 200 Å². The van der Waals surface area contributed by atoms with Crippen LogP contribution < -0.4 is 0 Å². The Morgan fingerprint density at radius 1 is 0.254 bits per heavy atom. The molecule has 0 aromatic heterocycles. The maximum atomic E-state index is 12.8. The molecule has 682 valence electrons. The molecule has 20 rings (SSSR count). The van der Waals surface area contributed by atoms with Crippen LogP contribution in [0.2, 0.25) is 0 Å². The number of carbonyl (C=O) groups excluding carboxylic acids is 10. The maximum absolute atomic E-state index is 12.8. The number of aliphatic hydroxyl groups excluding tert-OH is 1. The average Bonchev–Trinajstić information content (AvgIpc) is 1.63. The molecule has 14 aromatic rings. The topological polar surface area (TPSA) is 508 Å². The SMILES string of the molecule is CC(=O)c1ccc2c(c1)C(=O)c1cc(C(=O)OC(=O)c3ccccc3)ccc1-2.CC(=O)c1ccc2c(c1)C(C=O)c1cc(C(=O)OC(=O)c3ccccc3)ccc1-2.O=C(O)c1ccc2c(c1)C(=O)c1cc(C(=O)O)ccc1-2.O=C(O)c1ccc2c(c1)C(CO)c1cc(C(=O)O)ccc1-2.O=C(O)c1ccc2c(c1)Cc1cc(C(=O)O)ccc1-2.O=CC1c2cc(C(=O)O)ccc2-c2ccc(C(=O)O)cc21.[HH]. The molecule has 29 heteroatoms. The fourth-order valence-corrected chi connectivity index (χ4v) is 17.1. The van der Waals surface area contributed by atoms with Crippen molar-refractivity contribution in [3.8, 4) is 66.8 Å². The Morgan fingerprint density at radius 3 is 0.754 bits per heavy atom. The van der Waals surface area contributed by atoms with Crippen molar-refractivity contribution in [3.63, 3.8) is 0 Å². The Hall–Kier alpha value is -18.9. The number of carbonyl (C=O) groups is 18. The molecule has 0 radical (unpaired) electrons. The number of benzene rings is 14. The molecule has 138 heavy (non-hydrogen) atoms. The van der Waals surface area contributed by atoms with Crippen LogP contribution in [0.15, 0.2) is 279 Å². The van der Waals surface area contributed by atoms with Gasteiger partial charge in [0.05, 0.1) is 85.2 Å². The van der Waals surface area contributed by atoms with Crippen LogP contribution in [-0.2, 0) is 25.5 Å². The molecule has 9 N–H and O–H groups in total. The van der Waals surface area contributed by atoms with Crippen LogP contribution in [0, 0.1) is 0 Å². The number of hydrogen-bond donors (Lipinski definition) is 9. The highest BCUT2D eigenvalue weighted by Gasteiger charge is 2.37. The lowest BCUT2D eigenvalue weighted by atomic mass is 9.96. The fraction of sp³-hybridized carbons (Fsp3) is 0.0642. The van der Waals surface area contributed by atoms with Gasteiger partial charge in [-0.15, -0.1) is 0 Å². The van der Waals surface area contributed by atoms with Gasteiger partial charge in [-0.25, -0.2) is 57.5 Å². The van der Waals surface area contributed by atoms with E-state index < -0.39 is 89.4 Å². The summed E-state index contributed by atoms with van der Waals surface area (Å²) < 4.78 is 9.88. The third kappa shape index (κ3) is 18.6. The molecule has 1 atom stereocenters. The number of esters is 4. The highest BCUT2D eigenvalue weighted by molar-refractivity contribution is 6.24. The Balaban J connectivity index is 0.000000134. The molecule has 29 nitrogen and oxygen atoms in total. The van der Waals surface area contributed by atoms with Crippen LogP contribution in [-0.4, -0.2) is 160 Å². The van der Waals surface area contributed by atoms with Gasteiger partial charge >= 0.3 is 71.6 Å². The Labute approximate surface area is 781 Å². The molecule has 0 saturated heterocycles. The molecule has 0 aliphatic heterocycles. The predicted molar refractivity (Wildman–Crippen MR) is 496 cm³/mol. The number of aliphatic hydroxyl groups is 1. The monoisotopic (exact) mass is 1840 g/mol. The molecule has 0 saturated carbocycles. The average molecular weight is 1850 g/mol. The van der Waals surface area contributed by atoms with E-state index >= 15 is 0 Å². The number of hydrogen-bond acceptors (Lipinski definition) is 21. The number of rotatable bonds is 17. The Bertz CT molecular complexity index is 7440. The number of aromatic carboxylic acids is 8. The van der Waals surface area contributed by atoms with Gasteiger partial charge in [-0.2, -0.15) is 0 Å². The van der Waals surface area contributed by atoms with Gasteiger partial charge in [-0.05, 0) is 289 Å². The minimum atomic E-state index is -1.11. The second kappa shape index (κ2) is 38.9. The number of carboxylic acids is 8. The maximum Gasteiger partial charge on any atom is 0.346 e. The predicted octanol–water partition coefficient (Wildman–Crippen LogP) is 18.1. The van der Waals surface area contributed by atoms with Crippen LogP contribution >= 0.6 is 0 Å². The van der Waals surface area contributed by atoms with Crippen molar-refractivity contribution < 1.29 is 143 Å². The molecule has 0 spiro atoms. The molecule has 0 heterocycles. The molecule has 0 fully saturated rings. The van der Waals surface area contributed by atoms with Crippen molar-refractivity contribution >= 4 is 107 Å². The highest BCUT2D eigenvalue weighted by Crippen LogP contribution is 2.49. The zero-order chi connectivity index (χ0) is 98.7. The summed E-state index contributed by atoms with van der Waals surface area (Å²) in [7, 11) is 0. The second-order valence-corrected chi connectivity index (χ2v) is 32.0. The van der Waals surface area contributed by atoms with Crippen LogP contribution in [0.25, 0.3) is 66.8 Å². The molecular weight excluding hydrogens is 1770 g/mol. The zero-order valence-electron chi connectivity index (χ0n) is 72.0. The molecular formula is C109H72O29. The minimum Gasteiger partial charge on any atom is -0.478 e. The summed E-state index contributed by atoms with van der Waals surface area (Å²) in [6.45, 7) is 2.70. The van der Waals surface area contributed by atoms with Gasteiger partial charge in [0.25, 0.3) is 0 Å². The van der Waals surface area contributed by atoms with E-state index in [0.717, 1.165) is 78.6 Å². The van der Waals surface area contributed by atoms with Gasteiger partial charge in [0, 0.05) is 40.7 Å². The third-order valence-corrected chi connectivity index (χ3v) is 23.9. The number of Topliss-reactive ketones (excluding diaryl/α,β-unsaturated/α-hetero) is 2. The summed E-state index contributed by atoms with van der Waals surface area (Å²) >= 11 is 0. The van der Waals surface area contributed by atoms with E-state index in [9.17, 15) is 91.4 Å². The van der Waals surface area contributed by atoms with E-state index in [-0.39, 0.29) is 97.9 Å². The number of ether oxygens (including phenoxy) is 2. The first-order valence-corrected chi connectivity index (χ1v) is 41.9. The summed E-state index contributed by atoms with van der Waals surface area (Å²) in [5, 5.41) is 81.7. The van der Waals surface area contributed by atoms with Crippen molar-refractivity contribution in [1.29, 1.82) is 0 Å². The van der Waals surface area contributed by atoms with E-state index in [2.05, 4.69) is 0 Å². The fourth-order valence-electron chi connectivity index (χ4n) is 17.1. The van der Waals surface area contributed by atoms with Crippen molar-refractivity contribution in [3.05, 3.63) is 424 Å². The van der Waals surface area contributed by atoms with E-state index in [1.807, 2.05) is 6.07 Å². The van der Waals surface area contributed by atoms with Crippen molar-refractivity contribution in [2.24, 2.45) is 0 Å². The molecule has 0 amide bonds. The summed E-state index contributed by atoms with van der Waals surface area (Å²) in [6.07, 6.45) is 2.08. The van der Waals surface area contributed by atoms with Gasteiger partial charge in [0.1, 0.15) is 12.6 Å². The largest absolute Gasteiger partial charge is 0.478 e. The van der Waals surface area contributed by atoms with Gasteiger partial charge in [0.15, 0.2) is 23.1 Å². The van der Waals surface area contributed by atoms with Gasteiger partial charge in [-0.3, -0.25) is 19.2 Å². The van der Waals surface area contributed by atoms with E-state index in [4.69, 9.17) is 50.3 Å². The number of ketones is 4. The standard InChI is InChI=1S/C24H16O5.C23H14O5.C16H12O5.C16H10O5.C15H8O5.C15H10O4.H2/c1-14(26)16-7-9-18-19-10-8-17(12-21(19)22(13-25)20(18)11-16)24(28)29-23(27)15-5-3-2-4-6-15;1-13(24)15-7-9-17-18-10-8-16(12-20(18)21(25)19(17)11-15)23(27)28-22(26)14-5-3-2-4-6-14;2*17-7-14-12-5-8(15(18)19)1-3-10(12)11-4-2-9(16(20)21)6-13(11)14;16-13-11-5-7(14(17)18)1-3-9(11)10-4-2-8(15(19)20)6-12(10)13;16-14(17)8-1-3-12-10(5-8)7-11-6-9(15(18)19)2-4-13(11)12;/h2-13,22H,1H3;2-12H,1H3;1-6,14,17H,7H2,(H,18,19)(H,20,21);1-7,14H,(H,18,19)(H,20,21);1-6H,(H,17,18)(H,19,20);1-6H,7H2,(H,16,17)(H,18,19);1H. The first-order valence-electron chi connectivity index (χ1n) is 41.9. The molecule has 0 bridgehead atoms. The summed E-state index contributed by atoms with van der Waals surface area (Å²) in [6, 6.07) is 73.4. The first-order chi connectivity index (χ1) is 66.0. The third-order valence-electron chi connectivity index (χ3n) is 23.9. The quantitative estimate of drug-likeness (QED) is 0.0177. The van der Waals surface area contributed by atoms with Crippen molar-refractivity contribution in [1.82, 2.24) is 0 Å². The smallest absolute Gasteiger partial charge is 0.346 e. The lowest BCUT2D eigenvalue weighted by Crippen LogP contribution is -2.13. The van der Waals surface area contributed by atoms with Crippen LogP contribution in [0.5, 0.6) is 0 Å². The minimum absolute atomic E-state index is 0. The normalized spacial score (nSPS) is 12.5. The lowest BCUT2D eigenvalue weighted by Gasteiger charge is -2.10. The van der Waals surface area contributed by atoms with Gasteiger partial charge in [-0.1, -0.05) is 121 Å². The molecule has 6 aliphatic carbocycles. The van der Waals surface area contributed by atoms with Gasteiger partial charge in [0.2, 0.25) is 0 Å². The Morgan fingerprint density at radius 2 is 0.464 bits per heavy atom. The number of fused-ring (bicyclic) bond motifs is 18. The number of carboxylic acid groups (broad SMARTS) is 8. The van der Waals surface area contributed by atoms with Crippen LogP contribution in [0.1, 0.15) is 254 Å². The van der Waals surface area contributed by atoms with Crippen molar-refractivity contribution in [2.75, 3.05) is 6.61 Å². The van der Waals surface area contributed by atoms with Crippen molar-refractivity contribution in [2.45, 2.75) is 38.0 Å². The Kier molecular flexibility index (Phi) is 26.4. The van der Waals surface area contributed by atoms with Crippen LogP contribution in [0.3, 0.4) is 0 Å². The summed E-state index contributed by atoms with van der Waals surface area (Å²) in [5.74, 6) is -13.9. The van der Waals surface area contributed by atoms with Gasteiger partial charge < -0.3 is 65.0 Å². The summed E-state index contributed by atoms with van der Waals surface area (Å²) in [4.78, 5) is 208. The zero-order valence-corrected chi connectivity index (χ0v) is 72.0. The molecule has 1 unspecified atom stereocenters. The first kappa shape index (κ1) is 93.8. The molecule has 14 aromatic carbocycles.